The van der Waals surface area contributed by atoms with E-state index in [-0.39, 0.29) is 0 Å². The Kier molecular flexibility index (Phi) is 18.7. The molecule has 0 radical (unpaired) electrons. The average molecular weight is 143 g/mol. The Morgan fingerprint density at radius 1 is 1.50 bits per heavy atom. The molecule has 60 valence electrons. The first-order valence-electron chi connectivity index (χ1n) is 3.49. The zero-order valence-corrected chi connectivity index (χ0v) is 7.09. The van der Waals surface area contributed by atoms with Crippen molar-refractivity contribution in [2.24, 2.45) is 10.3 Å². The van der Waals surface area contributed by atoms with Crippen molar-refractivity contribution in [1.82, 2.24) is 5.43 Å². The topological polar surface area (TPSA) is 36.8 Å². The predicted octanol–water partition coefficient (Wildman–Crippen LogP) is 2.18. The molecule has 0 aliphatic rings. The minimum absolute atomic E-state index is 0.757. The standard InChI is InChI=1S/C4H11N3.C3H6/c1-3-5-7-6-4-2;1-3-2/h3-4H2,1-2H3,(H,5,6);3H,1H2,2H3. The van der Waals surface area contributed by atoms with Crippen LogP contribution < -0.4 is 5.43 Å². The van der Waals surface area contributed by atoms with Gasteiger partial charge in [-0.2, -0.15) is 5.11 Å². The van der Waals surface area contributed by atoms with Gasteiger partial charge in [0.15, 0.2) is 0 Å². The summed E-state index contributed by atoms with van der Waals surface area (Å²) in [5.74, 6) is 0. The number of hydrogen-bond donors (Lipinski definition) is 1. The van der Waals surface area contributed by atoms with E-state index in [2.05, 4.69) is 22.3 Å². The van der Waals surface area contributed by atoms with Crippen LogP contribution in [-0.4, -0.2) is 13.1 Å². The maximum absolute atomic E-state index is 3.68. The van der Waals surface area contributed by atoms with Gasteiger partial charge in [-0.15, -0.1) is 6.58 Å². The monoisotopic (exact) mass is 143 g/mol. The Balaban J connectivity index is 0. The number of nitrogens with one attached hydrogen (secondary N) is 1. The fourth-order valence-electron chi connectivity index (χ4n) is 0.191. The van der Waals surface area contributed by atoms with Gasteiger partial charge in [-0.3, -0.25) is 5.43 Å². The second-order valence-corrected chi connectivity index (χ2v) is 1.48. The molecule has 1 N–H and O–H groups in total. The van der Waals surface area contributed by atoms with Crippen molar-refractivity contribution >= 4 is 0 Å². The van der Waals surface area contributed by atoms with Gasteiger partial charge in [0, 0.05) is 6.54 Å². The Labute approximate surface area is 63.2 Å². The molecule has 0 aromatic carbocycles. The van der Waals surface area contributed by atoms with E-state index in [0.29, 0.717) is 0 Å². The van der Waals surface area contributed by atoms with Crippen molar-refractivity contribution in [3.8, 4) is 0 Å². The normalized spacial score (nSPS) is 8.30. The van der Waals surface area contributed by atoms with Crippen LogP contribution in [0.25, 0.3) is 0 Å². The van der Waals surface area contributed by atoms with Gasteiger partial charge in [-0.25, -0.2) is 0 Å². The first-order valence-corrected chi connectivity index (χ1v) is 3.49. The Hall–Kier alpha value is -0.860. The zero-order valence-electron chi connectivity index (χ0n) is 7.09. The second-order valence-electron chi connectivity index (χ2n) is 1.48. The highest BCUT2D eigenvalue weighted by Gasteiger charge is 1.64. The highest BCUT2D eigenvalue weighted by molar-refractivity contribution is 4.51. The Morgan fingerprint density at radius 2 is 2.00 bits per heavy atom. The molecule has 0 saturated heterocycles. The van der Waals surface area contributed by atoms with Gasteiger partial charge in [0.2, 0.25) is 0 Å². The van der Waals surface area contributed by atoms with Crippen molar-refractivity contribution in [1.29, 1.82) is 0 Å². The third-order valence-corrected chi connectivity index (χ3v) is 0.441. The van der Waals surface area contributed by atoms with Gasteiger partial charge in [0.1, 0.15) is 0 Å². The summed E-state index contributed by atoms with van der Waals surface area (Å²) in [6, 6.07) is 0. The first-order chi connectivity index (χ1) is 4.83. The lowest BCUT2D eigenvalue weighted by Gasteiger charge is -1.85. The molecule has 0 spiro atoms. The molecule has 0 amide bonds. The van der Waals surface area contributed by atoms with Crippen LogP contribution in [0.3, 0.4) is 0 Å². The molecule has 0 aromatic rings. The summed E-state index contributed by atoms with van der Waals surface area (Å²) < 4.78 is 0. The van der Waals surface area contributed by atoms with Crippen molar-refractivity contribution in [3.63, 3.8) is 0 Å². The van der Waals surface area contributed by atoms with Gasteiger partial charge in [0.05, 0.1) is 6.54 Å². The highest BCUT2D eigenvalue weighted by Crippen LogP contribution is 1.65. The van der Waals surface area contributed by atoms with Gasteiger partial charge in [-0.1, -0.05) is 11.3 Å². The van der Waals surface area contributed by atoms with Gasteiger partial charge in [-0.05, 0) is 20.8 Å². The molecule has 0 rings (SSSR count). The number of nitrogens with zero attached hydrogens (tertiary/aromatic N) is 2. The van der Waals surface area contributed by atoms with E-state index in [1.54, 1.807) is 6.08 Å². The largest absolute Gasteiger partial charge is 0.292 e. The van der Waals surface area contributed by atoms with E-state index in [1.165, 1.54) is 0 Å². The van der Waals surface area contributed by atoms with Crippen molar-refractivity contribution in [2.75, 3.05) is 13.1 Å². The molecular weight excluding hydrogens is 126 g/mol. The molecule has 3 heteroatoms. The van der Waals surface area contributed by atoms with Crippen LogP contribution in [0.15, 0.2) is 23.0 Å². The van der Waals surface area contributed by atoms with Crippen LogP contribution >= 0.6 is 0 Å². The molecule has 0 saturated carbocycles. The SMILES string of the molecule is C=CC.CCN=NNCC. The minimum Gasteiger partial charge on any atom is -0.292 e. The van der Waals surface area contributed by atoms with Crippen molar-refractivity contribution in [3.05, 3.63) is 12.7 Å². The lowest BCUT2D eigenvalue weighted by Crippen LogP contribution is -2.00. The number of hydrogen-bond acceptors (Lipinski definition) is 2. The third kappa shape index (κ3) is 27.3. The molecule has 0 fully saturated rings. The van der Waals surface area contributed by atoms with Crippen LogP contribution in [0.1, 0.15) is 20.8 Å². The maximum atomic E-state index is 3.68. The van der Waals surface area contributed by atoms with E-state index in [4.69, 9.17) is 0 Å². The van der Waals surface area contributed by atoms with Gasteiger partial charge < -0.3 is 0 Å². The number of rotatable bonds is 3. The van der Waals surface area contributed by atoms with E-state index < -0.39 is 0 Å². The molecule has 3 nitrogen and oxygen atoms in total. The summed E-state index contributed by atoms with van der Waals surface area (Å²) in [7, 11) is 0. The molecule has 0 heterocycles. The van der Waals surface area contributed by atoms with E-state index in [9.17, 15) is 0 Å². The molecule has 0 atom stereocenters. The van der Waals surface area contributed by atoms with Gasteiger partial charge in [0.25, 0.3) is 0 Å². The molecule has 0 aliphatic heterocycles. The van der Waals surface area contributed by atoms with Gasteiger partial charge >= 0.3 is 0 Å². The summed E-state index contributed by atoms with van der Waals surface area (Å²) >= 11 is 0. The van der Waals surface area contributed by atoms with E-state index in [0.717, 1.165) is 13.1 Å². The maximum Gasteiger partial charge on any atom is 0.0592 e. The highest BCUT2D eigenvalue weighted by atomic mass is 15.4. The van der Waals surface area contributed by atoms with E-state index >= 15 is 0 Å². The molecular formula is C7H17N3. The lowest BCUT2D eigenvalue weighted by molar-refractivity contribution is 0.704. The van der Waals surface area contributed by atoms with Crippen LogP contribution in [0, 0.1) is 0 Å². The average Bonchev–Trinajstić information content (AvgIpc) is 1.91. The van der Waals surface area contributed by atoms with Crippen LogP contribution in [-0.2, 0) is 0 Å². The first kappa shape index (κ1) is 11.9. The molecule has 0 aliphatic carbocycles. The molecule has 10 heavy (non-hydrogen) atoms. The van der Waals surface area contributed by atoms with Crippen LogP contribution in [0.2, 0.25) is 0 Å². The van der Waals surface area contributed by atoms with E-state index in [1.807, 2.05) is 20.8 Å². The molecule has 0 unspecified atom stereocenters. The summed E-state index contributed by atoms with van der Waals surface area (Å²) in [5.41, 5.74) is 2.71. The number of allylic oxidation sites excluding steroid dienone is 1. The molecule has 0 bridgehead atoms. The Bertz CT molecular complexity index is 78.9. The fraction of sp³-hybridized carbons (Fsp3) is 0.714. The fourth-order valence-corrected chi connectivity index (χ4v) is 0.191. The van der Waals surface area contributed by atoms with Crippen LogP contribution in [0.5, 0.6) is 0 Å². The quantitative estimate of drug-likeness (QED) is 0.367. The second kappa shape index (κ2) is 15.7. The predicted molar refractivity (Wildman–Crippen MR) is 44.9 cm³/mol. The minimum atomic E-state index is 0.757. The summed E-state index contributed by atoms with van der Waals surface area (Å²) in [4.78, 5) is 0. The summed E-state index contributed by atoms with van der Waals surface area (Å²) in [6.45, 7) is 10.8. The molecule has 0 aromatic heterocycles. The summed E-state index contributed by atoms with van der Waals surface area (Å²) in [5, 5.41) is 7.26. The lowest BCUT2D eigenvalue weighted by atomic mass is 10.8. The van der Waals surface area contributed by atoms with Crippen molar-refractivity contribution < 1.29 is 0 Å². The van der Waals surface area contributed by atoms with Crippen molar-refractivity contribution in [2.45, 2.75) is 20.8 Å². The zero-order chi connectivity index (χ0) is 8.24. The smallest absolute Gasteiger partial charge is 0.0592 e. The van der Waals surface area contributed by atoms with Crippen LogP contribution in [0.4, 0.5) is 0 Å². The third-order valence-electron chi connectivity index (χ3n) is 0.441. The summed E-state index contributed by atoms with van der Waals surface area (Å²) in [6.07, 6.45) is 1.75. The Morgan fingerprint density at radius 3 is 2.30 bits per heavy atom.